The van der Waals surface area contributed by atoms with Gasteiger partial charge in [0.15, 0.2) is 5.96 Å². The number of benzene rings is 1. The maximum absolute atomic E-state index is 13.5. The average Bonchev–Trinajstić information content (AvgIpc) is 3.26. The Balaban J connectivity index is 1.66. The predicted molar refractivity (Wildman–Crippen MR) is 129 cm³/mol. The summed E-state index contributed by atoms with van der Waals surface area (Å²) in [5.41, 5.74) is 11.6. The highest BCUT2D eigenvalue weighted by molar-refractivity contribution is 5.94. The Bertz CT molecular complexity index is 949. The number of piperazine rings is 1. The van der Waals surface area contributed by atoms with E-state index in [2.05, 4.69) is 10.3 Å². The first kappa shape index (κ1) is 26.0. The van der Waals surface area contributed by atoms with Gasteiger partial charge in [0.2, 0.25) is 17.7 Å². The number of aryl methyl sites for hydroxylation is 1. The van der Waals surface area contributed by atoms with Gasteiger partial charge in [-0.2, -0.15) is 0 Å². The minimum absolute atomic E-state index is 0.0100. The standard InChI is InChI=1S/C24H34N6O5/c25-24(26)28-14-4-13-27-22(34)18-9-8-17-15-29(19(10-12-21(32)33)23(35)30(17)18)20(31)11-7-16-5-2-1-3-6-16/h1-3,5-6,17-19H,4,7-15H2,(H,27,34)(H,32,33)(H4,25,26,28). The van der Waals surface area contributed by atoms with Gasteiger partial charge >= 0.3 is 5.97 Å². The van der Waals surface area contributed by atoms with Gasteiger partial charge in [0.25, 0.3) is 0 Å². The molecule has 35 heavy (non-hydrogen) atoms. The van der Waals surface area contributed by atoms with Crippen LogP contribution in [-0.4, -0.2) is 82.3 Å². The number of carbonyl (C=O) groups excluding carboxylic acids is 3. The van der Waals surface area contributed by atoms with Gasteiger partial charge in [-0.25, -0.2) is 0 Å². The van der Waals surface area contributed by atoms with E-state index in [4.69, 9.17) is 11.5 Å². The van der Waals surface area contributed by atoms with Gasteiger partial charge < -0.3 is 31.7 Å². The van der Waals surface area contributed by atoms with Gasteiger partial charge in [0, 0.05) is 32.5 Å². The number of carboxylic acids is 1. The van der Waals surface area contributed by atoms with Gasteiger partial charge in [-0.1, -0.05) is 30.3 Å². The third-order valence-corrected chi connectivity index (χ3v) is 6.48. The van der Waals surface area contributed by atoms with E-state index >= 15 is 0 Å². The first-order chi connectivity index (χ1) is 16.8. The molecule has 0 radical (unpaired) electrons. The number of nitrogens with one attached hydrogen (secondary N) is 1. The van der Waals surface area contributed by atoms with Gasteiger partial charge in [-0.05, 0) is 37.7 Å². The maximum Gasteiger partial charge on any atom is 0.303 e. The highest BCUT2D eigenvalue weighted by Gasteiger charge is 2.49. The molecule has 1 aromatic carbocycles. The van der Waals surface area contributed by atoms with Crippen LogP contribution in [0, 0.1) is 0 Å². The number of aliphatic imine (C=N–C) groups is 1. The van der Waals surface area contributed by atoms with Crippen LogP contribution in [0.3, 0.4) is 0 Å². The van der Waals surface area contributed by atoms with Crippen molar-refractivity contribution in [2.45, 2.75) is 63.1 Å². The molecular weight excluding hydrogens is 452 g/mol. The van der Waals surface area contributed by atoms with Crippen molar-refractivity contribution in [3.8, 4) is 0 Å². The zero-order valence-electron chi connectivity index (χ0n) is 19.8. The van der Waals surface area contributed by atoms with Crippen LogP contribution >= 0.6 is 0 Å². The van der Waals surface area contributed by atoms with Crippen LogP contribution in [0.4, 0.5) is 0 Å². The number of carboxylic acid groups (broad SMARTS) is 1. The molecule has 0 aliphatic carbocycles. The SMILES string of the molecule is NC(N)=NCCCNC(=O)C1CCC2CN(C(=O)CCc3ccccc3)C(CCC(=O)O)C(=O)N21. The molecule has 3 atom stereocenters. The summed E-state index contributed by atoms with van der Waals surface area (Å²) in [6, 6.07) is 7.81. The van der Waals surface area contributed by atoms with Crippen molar-refractivity contribution in [1.82, 2.24) is 15.1 Å². The van der Waals surface area contributed by atoms with Gasteiger partial charge in [0.05, 0.1) is 6.04 Å². The second-order valence-electron chi connectivity index (χ2n) is 8.92. The molecule has 2 saturated heterocycles. The van der Waals surface area contributed by atoms with Gasteiger partial charge in [-0.3, -0.25) is 24.2 Å². The first-order valence-electron chi connectivity index (χ1n) is 12.0. The van der Waals surface area contributed by atoms with Crippen LogP contribution in [0.2, 0.25) is 0 Å². The van der Waals surface area contributed by atoms with Gasteiger partial charge in [0.1, 0.15) is 12.1 Å². The van der Waals surface area contributed by atoms with Gasteiger partial charge in [-0.15, -0.1) is 0 Å². The molecule has 0 aromatic heterocycles. The summed E-state index contributed by atoms with van der Waals surface area (Å²) in [6.07, 6.45) is 2.20. The normalized spacial score (nSPS) is 21.4. The predicted octanol–water partition coefficient (Wildman–Crippen LogP) is -0.166. The topological polar surface area (TPSA) is 171 Å². The minimum Gasteiger partial charge on any atom is -0.481 e. The third-order valence-electron chi connectivity index (χ3n) is 6.48. The third kappa shape index (κ3) is 6.93. The van der Waals surface area contributed by atoms with Crippen LogP contribution in [0.15, 0.2) is 35.3 Å². The fourth-order valence-corrected chi connectivity index (χ4v) is 4.78. The molecule has 0 bridgehead atoms. The van der Waals surface area contributed by atoms with Crippen molar-refractivity contribution >= 4 is 29.7 Å². The van der Waals surface area contributed by atoms with Crippen molar-refractivity contribution in [1.29, 1.82) is 0 Å². The molecule has 3 amide bonds. The van der Waals surface area contributed by atoms with E-state index in [0.717, 1.165) is 5.56 Å². The summed E-state index contributed by atoms with van der Waals surface area (Å²) >= 11 is 0. The smallest absolute Gasteiger partial charge is 0.303 e. The Morgan fingerprint density at radius 1 is 1.11 bits per heavy atom. The monoisotopic (exact) mass is 486 g/mol. The van der Waals surface area contributed by atoms with Crippen LogP contribution < -0.4 is 16.8 Å². The van der Waals surface area contributed by atoms with E-state index < -0.39 is 18.1 Å². The Hall–Kier alpha value is -3.63. The number of nitrogens with zero attached hydrogens (tertiary/aromatic N) is 3. The van der Waals surface area contributed by atoms with E-state index in [1.54, 1.807) is 4.90 Å². The molecule has 2 fully saturated rings. The highest BCUT2D eigenvalue weighted by atomic mass is 16.4. The fourth-order valence-electron chi connectivity index (χ4n) is 4.78. The van der Waals surface area contributed by atoms with Crippen molar-refractivity contribution < 1.29 is 24.3 Å². The second kappa shape index (κ2) is 12.2. The molecule has 11 nitrogen and oxygen atoms in total. The summed E-state index contributed by atoms with van der Waals surface area (Å²) in [5.74, 6) is -1.83. The van der Waals surface area contributed by atoms with Crippen LogP contribution in [-0.2, 0) is 25.6 Å². The van der Waals surface area contributed by atoms with Crippen molar-refractivity contribution in [2.75, 3.05) is 19.6 Å². The van der Waals surface area contributed by atoms with Crippen molar-refractivity contribution in [3.05, 3.63) is 35.9 Å². The first-order valence-corrected chi connectivity index (χ1v) is 12.0. The maximum atomic E-state index is 13.5. The van der Waals surface area contributed by atoms with Crippen LogP contribution in [0.1, 0.15) is 44.1 Å². The molecule has 0 spiro atoms. The number of rotatable bonds is 11. The number of hydrogen-bond acceptors (Lipinski definition) is 5. The molecule has 0 saturated carbocycles. The number of nitrogens with two attached hydrogens (primary N) is 2. The molecule has 11 heteroatoms. The Morgan fingerprint density at radius 3 is 2.54 bits per heavy atom. The molecule has 2 heterocycles. The van der Waals surface area contributed by atoms with E-state index in [0.29, 0.717) is 45.3 Å². The summed E-state index contributed by atoms with van der Waals surface area (Å²) in [6.45, 7) is 1.05. The molecule has 190 valence electrons. The Labute approximate surface area is 204 Å². The fraction of sp³-hybridized carbons (Fsp3) is 0.542. The highest BCUT2D eigenvalue weighted by Crippen LogP contribution is 2.32. The number of carbonyl (C=O) groups is 4. The molecule has 3 unspecified atom stereocenters. The lowest BCUT2D eigenvalue weighted by atomic mass is 10.00. The zero-order chi connectivity index (χ0) is 25.4. The lowest BCUT2D eigenvalue weighted by molar-refractivity contribution is -0.158. The number of hydrogen-bond donors (Lipinski definition) is 4. The number of aliphatic carboxylic acids is 1. The molecular formula is C24H34N6O5. The lowest BCUT2D eigenvalue weighted by Crippen LogP contribution is -2.64. The molecule has 6 N–H and O–H groups in total. The summed E-state index contributed by atoms with van der Waals surface area (Å²) in [4.78, 5) is 57.6. The molecule has 2 aliphatic heterocycles. The quantitative estimate of drug-likeness (QED) is 0.191. The van der Waals surface area contributed by atoms with E-state index in [1.165, 1.54) is 4.90 Å². The number of guanidine groups is 1. The summed E-state index contributed by atoms with van der Waals surface area (Å²) in [5, 5.41) is 12.0. The Morgan fingerprint density at radius 2 is 1.86 bits per heavy atom. The summed E-state index contributed by atoms with van der Waals surface area (Å²) < 4.78 is 0. The van der Waals surface area contributed by atoms with Crippen LogP contribution in [0.5, 0.6) is 0 Å². The molecule has 3 rings (SSSR count). The average molecular weight is 487 g/mol. The molecule has 2 aliphatic rings. The Kier molecular flexibility index (Phi) is 9.04. The largest absolute Gasteiger partial charge is 0.481 e. The van der Waals surface area contributed by atoms with Crippen LogP contribution in [0.25, 0.3) is 0 Å². The zero-order valence-corrected chi connectivity index (χ0v) is 19.8. The van der Waals surface area contributed by atoms with E-state index in [-0.39, 0.29) is 49.0 Å². The molecule has 1 aromatic rings. The number of fused-ring (bicyclic) bond motifs is 1. The summed E-state index contributed by atoms with van der Waals surface area (Å²) in [7, 11) is 0. The van der Waals surface area contributed by atoms with E-state index in [1.807, 2.05) is 30.3 Å². The van der Waals surface area contributed by atoms with Crippen molar-refractivity contribution in [3.63, 3.8) is 0 Å². The number of amides is 3. The van der Waals surface area contributed by atoms with Crippen molar-refractivity contribution in [2.24, 2.45) is 16.5 Å². The minimum atomic E-state index is -1.03. The van der Waals surface area contributed by atoms with E-state index in [9.17, 15) is 24.3 Å². The lowest BCUT2D eigenvalue weighted by Gasteiger charge is -2.44. The second-order valence-corrected chi connectivity index (χ2v) is 8.92.